The molecular weight excluding hydrogens is 264 g/mol. The number of hydrogen-bond acceptors (Lipinski definition) is 4. The van der Waals surface area contributed by atoms with Crippen LogP contribution in [0.2, 0.25) is 0 Å². The predicted octanol–water partition coefficient (Wildman–Crippen LogP) is 1.50. The average molecular weight is 283 g/mol. The molecule has 1 rings (SSSR count). The van der Waals surface area contributed by atoms with E-state index >= 15 is 0 Å². The van der Waals surface area contributed by atoms with E-state index in [1.54, 1.807) is 0 Å². The number of hydrogen-bond donors (Lipinski definition) is 2. The van der Waals surface area contributed by atoms with Crippen LogP contribution in [0.15, 0.2) is 27.9 Å². The molecule has 0 atom stereocenters. The lowest BCUT2D eigenvalue weighted by atomic mass is 9.95. The third-order valence-corrected chi connectivity index (χ3v) is 4.32. The Balaban J connectivity index is 0.00000256. The summed E-state index contributed by atoms with van der Waals surface area (Å²) in [5.41, 5.74) is 5.04. The van der Waals surface area contributed by atoms with Crippen molar-refractivity contribution >= 4 is 22.4 Å². The van der Waals surface area contributed by atoms with Crippen LogP contribution in [0.1, 0.15) is 26.7 Å². The Bertz CT molecular complexity index is 405. The molecule has 0 radical (unpaired) electrons. The van der Waals surface area contributed by atoms with E-state index in [0.29, 0.717) is 12.8 Å². The molecule has 0 saturated carbocycles. The molecular formula is C10H19ClN2O3S. The predicted molar refractivity (Wildman–Crippen MR) is 68.6 cm³/mol. The van der Waals surface area contributed by atoms with E-state index in [2.05, 4.69) is 4.72 Å². The van der Waals surface area contributed by atoms with Gasteiger partial charge in [-0.25, -0.2) is 13.1 Å². The summed E-state index contributed by atoms with van der Waals surface area (Å²) in [5, 5.41) is -0.0766. The number of halogens is 1. The van der Waals surface area contributed by atoms with E-state index in [1.807, 2.05) is 13.8 Å². The van der Waals surface area contributed by atoms with Crippen molar-refractivity contribution < 1.29 is 12.8 Å². The van der Waals surface area contributed by atoms with E-state index < -0.39 is 15.6 Å². The average Bonchev–Trinajstić information content (AvgIpc) is 2.80. The van der Waals surface area contributed by atoms with Gasteiger partial charge in [-0.1, -0.05) is 13.8 Å². The van der Waals surface area contributed by atoms with Gasteiger partial charge in [-0.05, 0) is 25.0 Å². The molecule has 1 aromatic rings. The maximum atomic E-state index is 11.9. The second kappa shape index (κ2) is 6.39. The van der Waals surface area contributed by atoms with Crippen LogP contribution in [0, 0.1) is 0 Å². The zero-order valence-electron chi connectivity index (χ0n) is 9.97. The molecule has 0 fully saturated rings. The summed E-state index contributed by atoms with van der Waals surface area (Å²) < 4.78 is 31.3. The molecule has 7 heteroatoms. The molecule has 3 N–H and O–H groups in total. The molecule has 0 saturated heterocycles. The minimum absolute atomic E-state index is 0. The smallest absolute Gasteiger partial charge is 0.274 e. The molecule has 100 valence electrons. The highest BCUT2D eigenvalue weighted by Crippen LogP contribution is 2.18. The first-order chi connectivity index (χ1) is 7.49. The van der Waals surface area contributed by atoms with Crippen LogP contribution in [0.5, 0.6) is 0 Å². The first-order valence-electron chi connectivity index (χ1n) is 5.27. The standard InChI is InChI=1S/C10H18N2O3S.ClH/c1-3-10(4-2,8-11)12-16(13,14)9-6-5-7-15-9;/h5-7,12H,3-4,8,11H2,1-2H3;1H. The zero-order chi connectivity index (χ0) is 12.2. The molecule has 1 aromatic heterocycles. The van der Waals surface area contributed by atoms with Crippen molar-refractivity contribution in [1.82, 2.24) is 4.72 Å². The van der Waals surface area contributed by atoms with Crippen LogP contribution in [0.4, 0.5) is 0 Å². The summed E-state index contributed by atoms with van der Waals surface area (Å²) in [6.07, 6.45) is 2.61. The van der Waals surface area contributed by atoms with Crippen molar-refractivity contribution in [2.24, 2.45) is 5.73 Å². The van der Waals surface area contributed by atoms with Crippen molar-refractivity contribution in [2.75, 3.05) is 6.54 Å². The Morgan fingerprint density at radius 3 is 2.35 bits per heavy atom. The molecule has 0 unspecified atom stereocenters. The molecule has 5 nitrogen and oxygen atoms in total. The molecule has 0 aromatic carbocycles. The monoisotopic (exact) mass is 282 g/mol. The fraction of sp³-hybridized carbons (Fsp3) is 0.600. The van der Waals surface area contributed by atoms with Gasteiger partial charge in [-0.2, -0.15) is 0 Å². The number of rotatable bonds is 6. The summed E-state index contributed by atoms with van der Waals surface area (Å²) in [5.74, 6) is 0. The summed E-state index contributed by atoms with van der Waals surface area (Å²) >= 11 is 0. The van der Waals surface area contributed by atoms with Gasteiger partial charge in [-0.15, -0.1) is 12.4 Å². The van der Waals surface area contributed by atoms with Crippen molar-refractivity contribution in [2.45, 2.75) is 37.3 Å². The van der Waals surface area contributed by atoms with Crippen molar-refractivity contribution in [3.05, 3.63) is 18.4 Å². The van der Waals surface area contributed by atoms with E-state index in [9.17, 15) is 8.42 Å². The molecule has 0 aliphatic rings. The minimum Gasteiger partial charge on any atom is -0.452 e. The molecule has 17 heavy (non-hydrogen) atoms. The SMILES string of the molecule is CCC(CC)(CN)NS(=O)(=O)c1ccco1.Cl. The van der Waals surface area contributed by atoms with Crippen LogP contribution < -0.4 is 10.5 Å². The third kappa shape index (κ3) is 3.70. The van der Waals surface area contributed by atoms with Crippen LogP contribution >= 0.6 is 12.4 Å². The third-order valence-electron chi connectivity index (χ3n) is 2.86. The second-order valence-electron chi connectivity index (χ2n) is 3.73. The highest BCUT2D eigenvalue weighted by molar-refractivity contribution is 7.89. The minimum atomic E-state index is -3.61. The molecule has 0 aliphatic heterocycles. The highest BCUT2D eigenvalue weighted by atomic mass is 35.5. The fourth-order valence-corrected chi connectivity index (χ4v) is 2.96. The van der Waals surface area contributed by atoms with Crippen molar-refractivity contribution in [3.8, 4) is 0 Å². The lowest BCUT2D eigenvalue weighted by molar-refractivity contribution is 0.355. The van der Waals surface area contributed by atoms with E-state index in [4.69, 9.17) is 10.2 Å². The Morgan fingerprint density at radius 1 is 1.41 bits per heavy atom. The van der Waals surface area contributed by atoms with Crippen LogP contribution in [0.3, 0.4) is 0 Å². The van der Waals surface area contributed by atoms with Gasteiger partial charge in [0.25, 0.3) is 10.0 Å². The molecule has 1 heterocycles. The lowest BCUT2D eigenvalue weighted by Gasteiger charge is -2.30. The highest BCUT2D eigenvalue weighted by Gasteiger charge is 2.31. The van der Waals surface area contributed by atoms with Gasteiger partial charge in [0.05, 0.1) is 6.26 Å². The van der Waals surface area contributed by atoms with E-state index in [0.717, 1.165) is 0 Å². The number of nitrogens with one attached hydrogen (secondary N) is 1. The Kier molecular flexibility index (Phi) is 6.18. The molecule has 0 bridgehead atoms. The maximum absolute atomic E-state index is 11.9. The normalized spacial score (nSPS) is 12.2. The van der Waals surface area contributed by atoms with Crippen molar-refractivity contribution in [3.63, 3.8) is 0 Å². The summed E-state index contributed by atoms with van der Waals surface area (Å²) in [7, 11) is -3.61. The van der Waals surface area contributed by atoms with Gasteiger partial charge < -0.3 is 10.2 Å². The number of nitrogens with two attached hydrogens (primary N) is 1. The first kappa shape index (κ1) is 16.4. The summed E-state index contributed by atoms with van der Waals surface area (Å²) in [6.45, 7) is 4.07. The second-order valence-corrected chi connectivity index (χ2v) is 5.34. The van der Waals surface area contributed by atoms with E-state index in [1.165, 1.54) is 18.4 Å². The maximum Gasteiger partial charge on any atom is 0.274 e. The van der Waals surface area contributed by atoms with E-state index in [-0.39, 0.29) is 24.0 Å². The van der Waals surface area contributed by atoms with Crippen LogP contribution in [0.25, 0.3) is 0 Å². The number of furan rings is 1. The zero-order valence-corrected chi connectivity index (χ0v) is 11.6. The molecule has 0 amide bonds. The van der Waals surface area contributed by atoms with Gasteiger partial charge in [0.2, 0.25) is 5.09 Å². The van der Waals surface area contributed by atoms with Gasteiger partial charge in [0, 0.05) is 12.1 Å². The number of sulfonamides is 1. The van der Waals surface area contributed by atoms with Crippen molar-refractivity contribution in [1.29, 1.82) is 0 Å². The lowest BCUT2D eigenvalue weighted by Crippen LogP contribution is -2.52. The Hall–Kier alpha value is -0.560. The summed E-state index contributed by atoms with van der Waals surface area (Å²) in [6, 6.07) is 2.95. The largest absolute Gasteiger partial charge is 0.452 e. The van der Waals surface area contributed by atoms with Crippen LogP contribution in [-0.4, -0.2) is 20.5 Å². The van der Waals surface area contributed by atoms with Gasteiger partial charge in [0.15, 0.2) is 0 Å². The van der Waals surface area contributed by atoms with Gasteiger partial charge in [-0.3, -0.25) is 0 Å². The fourth-order valence-electron chi connectivity index (χ4n) is 1.48. The van der Waals surface area contributed by atoms with Crippen LogP contribution in [-0.2, 0) is 10.0 Å². The van der Waals surface area contributed by atoms with Gasteiger partial charge in [0.1, 0.15) is 0 Å². The first-order valence-corrected chi connectivity index (χ1v) is 6.75. The molecule has 0 spiro atoms. The Morgan fingerprint density at radius 2 is 2.00 bits per heavy atom. The topological polar surface area (TPSA) is 85.3 Å². The molecule has 0 aliphatic carbocycles. The quantitative estimate of drug-likeness (QED) is 0.828. The Labute approximate surface area is 108 Å². The van der Waals surface area contributed by atoms with Gasteiger partial charge >= 0.3 is 0 Å². The summed E-state index contributed by atoms with van der Waals surface area (Å²) in [4.78, 5) is 0.